The fourth-order valence-electron chi connectivity index (χ4n) is 3.20. The molecule has 2 amide bonds. The summed E-state index contributed by atoms with van der Waals surface area (Å²) in [5, 5.41) is 8.69. The summed E-state index contributed by atoms with van der Waals surface area (Å²) >= 11 is 0. The van der Waals surface area contributed by atoms with E-state index in [-0.39, 0.29) is 6.61 Å². The van der Waals surface area contributed by atoms with E-state index >= 15 is 0 Å². The number of carbonyl (C=O) groups excluding carboxylic acids is 2. The predicted molar refractivity (Wildman–Crippen MR) is 120 cm³/mol. The van der Waals surface area contributed by atoms with Crippen molar-refractivity contribution in [2.45, 2.75) is 19.4 Å². The van der Waals surface area contributed by atoms with Gasteiger partial charge in [0.25, 0.3) is 5.91 Å². The van der Waals surface area contributed by atoms with E-state index in [4.69, 9.17) is 9.47 Å². The second-order valence-corrected chi connectivity index (χ2v) is 6.74. The molecule has 31 heavy (non-hydrogen) atoms. The second-order valence-electron chi connectivity index (χ2n) is 6.74. The van der Waals surface area contributed by atoms with Crippen LogP contribution in [0.4, 0.5) is 4.79 Å². The third-order valence-corrected chi connectivity index (χ3v) is 4.69. The van der Waals surface area contributed by atoms with Crippen LogP contribution in [0.25, 0.3) is 10.8 Å². The van der Waals surface area contributed by atoms with E-state index in [0.29, 0.717) is 12.2 Å². The van der Waals surface area contributed by atoms with Crippen LogP contribution < -0.4 is 15.5 Å². The third-order valence-electron chi connectivity index (χ3n) is 4.69. The molecule has 7 nitrogen and oxygen atoms in total. The molecular formula is C24H25N3O4. The molecule has 0 aromatic heterocycles. The molecule has 2 N–H and O–H groups in total. The molecule has 0 heterocycles. The van der Waals surface area contributed by atoms with Crippen LogP contribution in [0.3, 0.4) is 0 Å². The zero-order chi connectivity index (χ0) is 22.1. The number of ether oxygens (including phenoxy) is 2. The highest BCUT2D eigenvalue weighted by atomic mass is 16.5. The van der Waals surface area contributed by atoms with Gasteiger partial charge in [-0.05, 0) is 29.3 Å². The summed E-state index contributed by atoms with van der Waals surface area (Å²) in [5.41, 5.74) is 4.17. The molecule has 0 spiro atoms. The number of nitrogens with zero attached hydrogens (tertiary/aromatic N) is 1. The standard InChI is InChI=1S/C24H25N3O4/c1-3-31-24(29)26-21(15-17-9-5-4-6-10-17)23(28)27-25-16-20-19-12-8-7-11-18(19)13-14-22(20)30-2/h4-14,16,21H,3,15H2,1-2H3,(H,26,29)(H,27,28)/b25-16-/t21-/m0/s1. The summed E-state index contributed by atoms with van der Waals surface area (Å²) in [5.74, 6) is 0.189. The van der Waals surface area contributed by atoms with E-state index in [1.165, 1.54) is 0 Å². The maximum atomic E-state index is 12.8. The van der Waals surface area contributed by atoms with Crippen LogP contribution in [-0.4, -0.2) is 38.0 Å². The molecule has 3 rings (SSSR count). The topological polar surface area (TPSA) is 89.0 Å². The molecule has 0 saturated heterocycles. The van der Waals surface area contributed by atoms with Crippen molar-refractivity contribution < 1.29 is 19.1 Å². The van der Waals surface area contributed by atoms with Gasteiger partial charge in [-0.15, -0.1) is 0 Å². The maximum absolute atomic E-state index is 12.8. The summed E-state index contributed by atoms with van der Waals surface area (Å²) in [4.78, 5) is 24.7. The third kappa shape index (κ3) is 5.82. The number of hydrogen-bond acceptors (Lipinski definition) is 5. The maximum Gasteiger partial charge on any atom is 0.407 e. The number of nitrogens with one attached hydrogen (secondary N) is 2. The fraction of sp³-hybridized carbons (Fsp3) is 0.208. The van der Waals surface area contributed by atoms with Gasteiger partial charge in [-0.25, -0.2) is 10.2 Å². The number of rotatable bonds is 8. The molecule has 0 unspecified atom stereocenters. The number of benzene rings is 3. The predicted octanol–water partition coefficient (Wildman–Crippen LogP) is 3.66. The Labute approximate surface area is 181 Å². The first-order chi connectivity index (χ1) is 15.1. The molecule has 0 aliphatic rings. The average Bonchev–Trinajstić information content (AvgIpc) is 2.79. The minimum Gasteiger partial charge on any atom is -0.496 e. The molecule has 0 radical (unpaired) electrons. The first kappa shape index (κ1) is 21.8. The van der Waals surface area contributed by atoms with Crippen molar-refractivity contribution in [1.29, 1.82) is 0 Å². The summed E-state index contributed by atoms with van der Waals surface area (Å²) in [6, 6.07) is 20.2. The number of alkyl carbamates (subject to hydrolysis) is 1. The number of fused-ring (bicyclic) bond motifs is 1. The zero-order valence-electron chi connectivity index (χ0n) is 17.5. The molecule has 160 valence electrons. The second kappa shape index (κ2) is 10.8. The largest absolute Gasteiger partial charge is 0.496 e. The van der Waals surface area contributed by atoms with Gasteiger partial charge in [-0.1, -0.05) is 60.7 Å². The number of hydrogen-bond donors (Lipinski definition) is 2. The van der Waals surface area contributed by atoms with Crippen LogP contribution >= 0.6 is 0 Å². The van der Waals surface area contributed by atoms with Crippen molar-refractivity contribution in [1.82, 2.24) is 10.7 Å². The Morgan fingerprint density at radius 2 is 1.77 bits per heavy atom. The first-order valence-electron chi connectivity index (χ1n) is 9.98. The Morgan fingerprint density at radius 3 is 2.52 bits per heavy atom. The lowest BCUT2D eigenvalue weighted by Gasteiger charge is -2.17. The molecule has 0 bridgehead atoms. The molecule has 3 aromatic rings. The fourth-order valence-corrected chi connectivity index (χ4v) is 3.20. The lowest BCUT2D eigenvalue weighted by molar-refractivity contribution is -0.123. The first-order valence-corrected chi connectivity index (χ1v) is 9.98. The van der Waals surface area contributed by atoms with Crippen molar-refractivity contribution in [3.8, 4) is 5.75 Å². The molecule has 1 atom stereocenters. The van der Waals surface area contributed by atoms with Crippen molar-refractivity contribution in [3.05, 3.63) is 77.9 Å². The molecule has 0 aliphatic carbocycles. The normalized spacial score (nSPS) is 11.8. The average molecular weight is 419 g/mol. The van der Waals surface area contributed by atoms with Gasteiger partial charge in [0.2, 0.25) is 0 Å². The van der Waals surface area contributed by atoms with E-state index in [2.05, 4.69) is 15.8 Å². The summed E-state index contributed by atoms with van der Waals surface area (Å²) < 4.78 is 10.4. The van der Waals surface area contributed by atoms with Crippen molar-refractivity contribution in [2.75, 3.05) is 13.7 Å². The van der Waals surface area contributed by atoms with Crippen molar-refractivity contribution >= 4 is 29.0 Å². The summed E-state index contributed by atoms with van der Waals surface area (Å²) in [6.07, 6.45) is 1.19. The van der Waals surface area contributed by atoms with Gasteiger partial charge < -0.3 is 14.8 Å². The van der Waals surface area contributed by atoms with Gasteiger partial charge in [0, 0.05) is 12.0 Å². The van der Waals surface area contributed by atoms with Crippen molar-refractivity contribution in [3.63, 3.8) is 0 Å². The molecular weight excluding hydrogens is 394 g/mol. The molecule has 0 aliphatic heterocycles. The molecule has 0 fully saturated rings. The van der Waals surface area contributed by atoms with Gasteiger partial charge in [-0.2, -0.15) is 5.10 Å². The highest BCUT2D eigenvalue weighted by Crippen LogP contribution is 2.26. The highest BCUT2D eigenvalue weighted by molar-refractivity contribution is 6.02. The Balaban J connectivity index is 1.78. The number of amides is 2. The van der Waals surface area contributed by atoms with E-state index in [9.17, 15) is 9.59 Å². The number of hydrazone groups is 1. The van der Waals surface area contributed by atoms with Gasteiger partial charge in [-0.3, -0.25) is 4.79 Å². The summed E-state index contributed by atoms with van der Waals surface area (Å²) in [7, 11) is 1.58. The quantitative estimate of drug-likeness (QED) is 0.431. The molecule has 3 aromatic carbocycles. The van der Waals surface area contributed by atoms with Crippen molar-refractivity contribution in [2.24, 2.45) is 5.10 Å². The SMILES string of the molecule is CCOC(=O)N[C@@H](Cc1ccccc1)C(=O)N/N=C\c1c(OC)ccc2ccccc12. The van der Waals surface area contributed by atoms with Gasteiger partial charge in [0.1, 0.15) is 11.8 Å². The Morgan fingerprint density at radius 1 is 1.03 bits per heavy atom. The van der Waals surface area contributed by atoms with Gasteiger partial charge in [0.15, 0.2) is 0 Å². The van der Waals surface area contributed by atoms with Crippen LogP contribution in [0, 0.1) is 0 Å². The lowest BCUT2D eigenvalue weighted by atomic mass is 10.0. The van der Waals surface area contributed by atoms with E-state index < -0.39 is 18.0 Å². The molecule has 0 saturated carbocycles. The Hall–Kier alpha value is -3.87. The monoisotopic (exact) mass is 419 g/mol. The lowest BCUT2D eigenvalue weighted by Crippen LogP contribution is -2.47. The molecule has 7 heteroatoms. The van der Waals surface area contributed by atoms with Crippen LogP contribution in [0.1, 0.15) is 18.1 Å². The van der Waals surface area contributed by atoms with Crippen LogP contribution in [0.15, 0.2) is 71.8 Å². The van der Waals surface area contributed by atoms with Crippen LogP contribution in [0.5, 0.6) is 5.75 Å². The smallest absolute Gasteiger partial charge is 0.407 e. The van der Waals surface area contributed by atoms with E-state index in [1.54, 1.807) is 20.2 Å². The van der Waals surface area contributed by atoms with Crippen LogP contribution in [0.2, 0.25) is 0 Å². The van der Waals surface area contributed by atoms with Gasteiger partial charge >= 0.3 is 6.09 Å². The van der Waals surface area contributed by atoms with Crippen LogP contribution in [-0.2, 0) is 16.0 Å². The van der Waals surface area contributed by atoms with E-state index in [1.807, 2.05) is 66.7 Å². The van der Waals surface area contributed by atoms with E-state index in [0.717, 1.165) is 21.9 Å². The minimum atomic E-state index is -0.840. The summed E-state index contributed by atoms with van der Waals surface area (Å²) in [6.45, 7) is 1.91. The Bertz CT molecular complexity index is 1070. The Kier molecular flexibility index (Phi) is 7.59. The number of methoxy groups -OCH3 is 1. The minimum absolute atomic E-state index is 0.213. The van der Waals surface area contributed by atoms with Gasteiger partial charge in [0.05, 0.1) is 19.9 Å². The highest BCUT2D eigenvalue weighted by Gasteiger charge is 2.21. The number of carbonyl (C=O) groups is 2. The zero-order valence-corrected chi connectivity index (χ0v) is 17.5.